The van der Waals surface area contributed by atoms with Crippen molar-refractivity contribution in [3.63, 3.8) is 0 Å². The second kappa shape index (κ2) is 5.10. The molecule has 2 nitrogen and oxygen atoms in total. The number of carbonyl (C=O) groups excluding carboxylic acids is 1. The fourth-order valence-electron chi connectivity index (χ4n) is 2.24. The zero-order chi connectivity index (χ0) is 13.4. The highest BCUT2D eigenvalue weighted by atomic mass is 32.1. The van der Waals surface area contributed by atoms with Crippen LogP contribution in [0.1, 0.15) is 56.7 Å². The van der Waals surface area contributed by atoms with E-state index in [-0.39, 0.29) is 11.9 Å². The maximum absolute atomic E-state index is 12.4. The van der Waals surface area contributed by atoms with Crippen LogP contribution in [-0.4, -0.2) is 5.91 Å². The van der Waals surface area contributed by atoms with Crippen molar-refractivity contribution in [3.05, 3.63) is 43.8 Å². The third-order valence-electron chi connectivity index (χ3n) is 3.45. The first-order chi connectivity index (χ1) is 9.15. The normalized spacial score (nSPS) is 16.3. The first kappa shape index (κ1) is 12.9. The van der Waals surface area contributed by atoms with Gasteiger partial charge in [-0.05, 0) is 61.7 Å². The Morgan fingerprint density at radius 1 is 1.37 bits per heavy atom. The number of thiophene rings is 2. The summed E-state index contributed by atoms with van der Waals surface area (Å²) in [5, 5.41) is 5.15. The molecule has 100 valence electrons. The van der Waals surface area contributed by atoms with Gasteiger partial charge in [-0.1, -0.05) is 0 Å². The number of hydrogen-bond acceptors (Lipinski definition) is 3. The SMILES string of the molecule is Cc1ccc([C@H](C)NC(=O)c2sccc2C2CC2)s1. The van der Waals surface area contributed by atoms with Gasteiger partial charge in [-0.25, -0.2) is 0 Å². The van der Waals surface area contributed by atoms with Gasteiger partial charge in [0.15, 0.2) is 0 Å². The highest BCUT2D eigenvalue weighted by molar-refractivity contribution is 7.12. The zero-order valence-electron chi connectivity index (χ0n) is 11.1. The largest absolute Gasteiger partial charge is 0.344 e. The Kier molecular flexibility index (Phi) is 3.46. The third-order valence-corrected chi connectivity index (χ3v) is 5.57. The van der Waals surface area contributed by atoms with Crippen molar-refractivity contribution in [1.82, 2.24) is 5.32 Å². The highest BCUT2D eigenvalue weighted by Gasteiger charge is 2.29. The van der Waals surface area contributed by atoms with Crippen molar-refractivity contribution in [2.75, 3.05) is 0 Å². The molecule has 2 aromatic rings. The van der Waals surface area contributed by atoms with Crippen molar-refractivity contribution in [2.45, 2.75) is 38.6 Å². The van der Waals surface area contributed by atoms with E-state index in [9.17, 15) is 4.79 Å². The van der Waals surface area contributed by atoms with Gasteiger partial charge < -0.3 is 5.32 Å². The lowest BCUT2D eigenvalue weighted by atomic mass is 10.1. The van der Waals surface area contributed by atoms with Crippen LogP contribution in [0, 0.1) is 6.92 Å². The molecule has 2 heterocycles. The molecule has 0 aliphatic heterocycles. The van der Waals surface area contributed by atoms with E-state index in [1.807, 2.05) is 12.3 Å². The van der Waals surface area contributed by atoms with Crippen LogP contribution < -0.4 is 5.32 Å². The molecule has 0 bridgehead atoms. The summed E-state index contributed by atoms with van der Waals surface area (Å²) < 4.78 is 0. The van der Waals surface area contributed by atoms with Crippen molar-refractivity contribution in [2.24, 2.45) is 0 Å². The summed E-state index contributed by atoms with van der Waals surface area (Å²) in [6.45, 7) is 4.14. The lowest BCUT2D eigenvalue weighted by Crippen LogP contribution is -2.26. The van der Waals surface area contributed by atoms with Crippen LogP contribution in [0.2, 0.25) is 0 Å². The first-order valence-electron chi connectivity index (χ1n) is 6.59. The minimum atomic E-state index is 0.0791. The summed E-state index contributed by atoms with van der Waals surface area (Å²) in [7, 11) is 0. The Hall–Kier alpha value is -1.13. The van der Waals surface area contributed by atoms with Crippen LogP contribution >= 0.6 is 22.7 Å². The maximum atomic E-state index is 12.4. The Balaban J connectivity index is 1.72. The number of amides is 1. The van der Waals surface area contributed by atoms with Gasteiger partial charge in [-0.3, -0.25) is 4.79 Å². The quantitative estimate of drug-likeness (QED) is 0.883. The van der Waals surface area contributed by atoms with Crippen LogP contribution in [0.5, 0.6) is 0 Å². The molecule has 0 radical (unpaired) electrons. The van der Waals surface area contributed by atoms with E-state index in [1.54, 1.807) is 22.7 Å². The predicted molar refractivity (Wildman–Crippen MR) is 81.2 cm³/mol. The van der Waals surface area contributed by atoms with Gasteiger partial charge in [0.25, 0.3) is 5.91 Å². The van der Waals surface area contributed by atoms with Crippen LogP contribution in [0.4, 0.5) is 0 Å². The minimum absolute atomic E-state index is 0.0791. The standard InChI is InChI=1S/C15H17NOS2/c1-9-3-6-13(19-9)10(2)16-15(17)14-12(7-8-18-14)11-4-5-11/h3,6-8,10-11H,4-5H2,1-2H3,(H,16,17)/t10-/m0/s1. The van der Waals surface area contributed by atoms with E-state index in [1.165, 1.54) is 28.2 Å². The molecule has 1 amide bonds. The monoisotopic (exact) mass is 291 g/mol. The number of rotatable bonds is 4. The number of aryl methyl sites for hydroxylation is 1. The molecule has 0 aromatic carbocycles. The molecular formula is C15H17NOS2. The van der Waals surface area contributed by atoms with Crippen molar-refractivity contribution < 1.29 is 4.79 Å². The average molecular weight is 291 g/mol. The van der Waals surface area contributed by atoms with Gasteiger partial charge >= 0.3 is 0 Å². The zero-order valence-corrected chi connectivity index (χ0v) is 12.7. The van der Waals surface area contributed by atoms with Gasteiger partial charge in [0, 0.05) is 9.75 Å². The second-order valence-electron chi connectivity index (χ2n) is 5.12. The van der Waals surface area contributed by atoms with Crippen LogP contribution in [0.25, 0.3) is 0 Å². The number of nitrogens with one attached hydrogen (secondary N) is 1. The molecule has 1 saturated carbocycles. The van der Waals surface area contributed by atoms with Crippen molar-refractivity contribution in [3.8, 4) is 0 Å². The molecule has 1 aliphatic rings. The maximum Gasteiger partial charge on any atom is 0.262 e. The highest BCUT2D eigenvalue weighted by Crippen LogP contribution is 2.43. The summed E-state index contributed by atoms with van der Waals surface area (Å²) in [6.07, 6.45) is 2.47. The lowest BCUT2D eigenvalue weighted by molar-refractivity contribution is 0.0943. The summed E-state index contributed by atoms with van der Waals surface area (Å²) in [4.78, 5) is 15.8. The molecule has 2 aromatic heterocycles. The lowest BCUT2D eigenvalue weighted by Gasteiger charge is -2.12. The second-order valence-corrected chi connectivity index (χ2v) is 7.36. The van der Waals surface area contributed by atoms with Crippen molar-refractivity contribution in [1.29, 1.82) is 0 Å². The molecule has 1 N–H and O–H groups in total. The predicted octanol–water partition coefficient (Wildman–Crippen LogP) is 4.49. The molecule has 0 unspecified atom stereocenters. The van der Waals surface area contributed by atoms with Crippen LogP contribution in [-0.2, 0) is 0 Å². The van der Waals surface area contributed by atoms with E-state index in [0.717, 1.165) is 4.88 Å². The fourth-order valence-corrected chi connectivity index (χ4v) is 4.01. The molecule has 1 aliphatic carbocycles. The molecule has 1 atom stereocenters. The van der Waals surface area contributed by atoms with E-state index >= 15 is 0 Å². The Morgan fingerprint density at radius 2 is 2.16 bits per heavy atom. The molecular weight excluding hydrogens is 274 g/mol. The summed E-state index contributed by atoms with van der Waals surface area (Å²) >= 11 is 3.31. The average Bonchev–Trinajstić information content (AvgIpc) is 2.94. The smallest absolute Gasteiger partial charge is 0.262 e. The van der Waals surface area contributed by atoms with Gasteiger partial charge in [0.1, 0.15) is 0 Å². The topological polar surface area (TPSA) is 29.1 Å². The van der Waals surface area contributed by atoms with E-state index in [4.69, 9.17) is 0 Å². The van der Waals surface area contributed by atoms with Gasteiger partial charge in [-0.2, -0.15) is 0 Å². The molecule has 0 saturated heterocycles. The Bertz CT molecular complexity index is 595. The van der Waals surface area contributed by atoms with Crippen molar-refractivity contribution >= 4 is 28.6 Å². The van der Waals surface area contributed by atoms with E-state index in [2.05, 4.69) is 30.4 Å². The van der Waals surface area contributed by atoms with E-state index in [0.29, 0.717) is 5.92 Å². The summed E-state index contributed by atoms with van der Waals surface area (Å²) in [5.41, 5.74) is 1.25. The summed E-state index contributed by atoms with van der Waals surface area (Å²) in [5.74, 6) is 0.710. The molecule has 4 heteroatoms. The molecule has 3 rings (SSSR count). The first-order valence-corrected chi connectivity index (χ1v) is 8.29. The molecule has 19 heavy (non-hydrogen) atoms. The van der Waals surface area contributed by atoms with Gasteiger partial charge in [0.2, 0.25) is 0 Å². The number of carbonyl (C=O) groups is 1. The summed E-state index contributed by atoms with van der Waals surface area (Å²) in [6, 6.07) is 6.39. The molecule has 0 spiro atoms. The van der Waals surface area contributed by atoms with Crippen LogP contribution in [0.3, 0.4) is 0 Å². The Morgan fingerprint density at radius 3 is 2.79 bits per heavy atom. The fraction of sp³-hybridized carbons (Fsp3) is 0.400. The van der Waals surface area contributed by atoms with E-state index < -0.39 is 0 Å². The molecule has 1 fully saturated rings. The minimum Gasteiger partial charge on any atom is -0.344 e. The van der Waals surface area contributed by atoms with Gasteiger partial charge in [0.05, 0.1) is 10.9 Å². The van der Waals surface area contributed by atoms with Crippen LogP contribution in [0.15, 0.2) is 23.6 Å². The van der Waals surface area contributed by atoms with Gasteiger partial charge in [-0.15, -0.1) is 22.7 Å². The Labute approximate surface area is 121 Å². The number of hydrogen-bond donors (Lipinski definition) is 1. The third kappa shape index (κ3) is 2.74.